The number of hydrogen-bond donors (Lipinski definition) is 0. The second-order valence-corrected chi connectivity index (χ2v) is 1.86. The molecule has 14 heavy (non-hydrogen) atoms. The van der Waals surface area contributed by atoms with E-state index in [-0.39, 0.29) is 24.0 Å². The van der Waals surface area contributed by atoms with E-state index in [0.29, 0.717) is 0 Å². The third-order valence-electron chi connectivity index (χ3n) is 0.839. The van der Waals surface area contributed by atoms with Crippen LogP contribution in [0.15, 0.2) is 30.6 Å². The summed E-state index contributed by atoms with van der Waals surface area (Å²) < 4.78 is 31.5. The first-order valence-electron chi connectivity index (χ1n) is 3.14. The Hall–Kier alpha value is -0.860. The highest BCUT2D eigenvalue weighted by Gasteiger charge is 2.28. The van der Waals surface area contributed by atoms with Gasteiger partial charge >= 0.3 is 6.18 Å². The number of pyridine rings is 1. The Morgan fingerprint density at radius 1 is 1.14 bits per heavy atom. The lowest BCUT2D eigenvalue weighted by atomic mass is 10.5. The molecular weight excluding hydrogens is 314 g/mol. The van der Waals surface area contributed by atoms with Gasteiger partial charge in [-0.05, 0) is 0 Å². The van der Waals surface area contributed by atoms with Gasteiger partial charge in [0.1, 0.15) is 5.97 Å². The van der Waals surface area contributed by atoms with Crippen LogP contribution in [0.1, 0.15) is 0 Å². The minimum atomic E-state index is -5.19. The van der Waals surface area contributed by atoms with E-state index in [4.69, 9.17) is 9.90 Å². The average Bonchev–Trinajstić information content (AvgIpc) is 2.07. The highest BCUT2D eigenvalue weighted by Crippen LogP contribution is 2.11. The first kappa shape index (κ1) is 15.6. The van der Waals surface area contributed by atoms with Crippen LogP contribution in [0.25, 0.3) is 0 Å². The minimum absolute atomic E-state index is 0. The van der Waals surface area contributed by atoms with Gasteiger partial charge in [0.15, 0.2) is 12.4 Å². The van der Waals surface area contributed by atoms with Crippen LogP contribution in [0, 0.1) is 0 Å². The molecule has 0 amide bonds. The third kappa shape index (κ3) is 9.23. The Morgan fingerprint density at radius 2 is 1.50 bits per heavy atom. The molecule has 1 N–H and O–H groups in total. The van der Waals surface area contributed by atoms with Gasteiger partial charge in [-0.25, -0.2) is 4.98 Å². The molecule has 1 aromatic heterocycles. The molecule has 0 bridgehead atoms. The number of alkyl halides is 3. The average molecular weight is 321 g/mol. The molecule has 1 heterocycles. The molecular formula is C7H7F3INO2. The molecule has 1 aromatic rings. The fraction of sp³-hybridized carbons (Fsp3) is 0.143. The summed E-state index contributed by atoms with van der Waals surface area (Å²) in [6.07, 6.45) is -1.44. The van der Waals surface area contributed by atoms with Crippen LogP contribution in [0.2, 0.25) is 0 Å². The molecule has 0 aliphatic rings. The van der Waals surface area contributed by atoms with E-state index in [2.05, 4.69) is 4.98 Å². The van der Waals surface area contributed by atoms with Gasteiger partial charge in [-0.1, -0.05) is 6.07 Å². The van der Waals surface area contributed by atoms with Gasteiger partial charge in [0, 0.05) is 12.1 Å². The molecule has 1 rings (SSSR count). The number of H-pyrrole nitrogens is 1. The summed E-state index contributed by atoms with van der Waals surface area (Å²) in [6.45, 7) is 0. The van der Waals surface area contributed by atoms with E-state index in [1.54, 1.807) is 0 Å². The predicted molar refractivity (Wildman–Crippen MR) is 49.5 cm³/mol. The molecule has 0 aliphatic carbocycles. The number of carboxylic acids is 1. The van der Waals surface area contributed by atoms with Crippen molar-refractivity contribution in [2.75, 3.05) is 0 Å². The number of carbonyl (C=O) groups is 1. The second-order valence-electron chi connectivity index (χ2n) is 1.86. The zero-order chi connectivity index (χ0) is 10.3. The summed E-state index contributed by atoms with van der Waals surface area (Å²) in [6, 6.07) is 5.86. The fourth-order valence-corrected chi connectivity index (χ4v) is 0.342. The topological polar surface area (TPSA) is 54.3 Å². The monoisotopic (exact) mass is 321 g/mol. The largest absolute Gasteiger partial charge is 0.542 e. The van der Waals surface area contributed by atoms with Crippen LogP contribution in [0.3, 0.4) is 0 Å². The van der Waals surface area contributed by atoms with E-state index in [1.807, 2.05) is 30.6 Å². The number of aromatic nitrogens is 1. The Labute approximate surface area is 95.0 Å². The maximum atomic E-state index is 10.5. The van der Waals surface area contributed by atoms with E-state index in [1.165, 1.54) is 0 Å². The summed E-state index contributed by atoms with van der Waals surface area (Å²) in [7, 11) is 0. The van der Waals surface area contributed by atoms with Crippen LogP contribution in [-0.4, -0.2) is 12.1 Å². The normalized spacial score (nSPS) is 9.07. The second kappa shape index (κ2) is 7.54. The molecule has 0 saturated heterocycles. The molecule has 0 unspecified atom stereocenters. The lowest BCUT2D eigenvalue weighted by Gasteiger charge is -2.03. The number of halogens is 4. The van der Waals surface area contributed by atoms with E-state index in [9.17, 15) is 13.2 Å². The Balaban J connectivity index is 0. The van der Waals surface area contributed by atoms with Crippen LogP contribution in [0.4, 0.5) is 13.2 Å². The molecule has 0 radical (unpaired) electrons. The van der Waals surface area contributed by atoms with Crippen molar-refractivity contribution in [2.24, 2.45) is 0 Å². The van der Waals surface area contributed by atoms with Gasteiger partial charge in [0.05, 0.1) is 0 Å². The van der Waals surface area contributed by atoms with Crippen LogP contribution < -0.4 is 10.1 Å². The number of nitrogens with one attached hydrogen (secondary N) is 1. The highest BCUT2D eigenvalue weighted by atomic mass is 127. The van der Waals surface area contributed by atoms with E-state index >= 15 is 0 Å². The summed E-state index contributed by atoms with van der Waals surface area (Å²) in [4.78, 5) is 11.7. The lowest BCUT2D eigenvalue weighted by molar-refractivity contribution is -0.378. The van der Waals surface area contributed by atoms with Crippen LogP contribution in [-0.2, 0) is 4.79 Å². The predicted octanol–water partition coefficient (Wildman–Crippen LogP) is 0.417. The number of rotatable bonds is 0. The van der Waals surface area contributed by atoms with Crippen LogP contribution >= 0.6 is 24.0 Å². The number of carboxylic acid groups (broad SMARTS) is 1. The summed E-state index contributed by atoms with van der Waals surface area (Å²) in [5.41, 5.74) is 0. The number of aromatic amines is 1. The zero-order valence-corrected chi connectivity index (χ0v) is 9.08. The van der Waals surface area contributed by atoms with Crippen molar-refractivity contribution in [1.82, 2.24) is 0 Å². The first-order valence-corrected chi connectivity index (χ1v) is 3.14. The maximum absolute atomic E-state index is 10.5. The zero-order valence-electron chi connectivity index (χ0n) is 6.75. The quantitative estimate of drug-likeness (QED) is 0.650. The van der Waals surface area contributed by atoms with Crippen molar-refractivity contribution < 1.29 is 28.1 Å². The van der Waals surface area contributed by atoms with Crippen molar-refractivity contribution in [3.05, 3.63) is 30.6 Å². The molecule has 0 spiro atoms. The van der Waals surface area contributed by atoms with E-state index < -0.39 is 12.1 Å². The van der Waals surface area contributed by atoms with Crippen molar-refractivity contribution in [3.63, 3.8) is 0 Å². The fourth-order valence-electron chi connectivity index (χ4n) is 0.342. The molecule has 3 nitrogen and oxygen atoms in total. The molecule has 0 aromatic carbocycles. The minimum Gasteiger partial charge on any atom is -0.542 e. The van der Waals surface area contributed by atoms with Crippen molar-refractivity contribution in [2.45, 2.75) is 6.18 Å². The van der Waals surface area contributed by atoms with Gasteiger partial charge in [-0.3, -0.25) is 0 Å². The number of aliphatic carboxylic acids is 1. The third-order valence-corrected chi connectivity index (χ3v) is 0.839. The molecule has 0 saturated carbocycles. The van der Waals surface area contributed by atoms with E-state index in [0.717, 1.165) is 0 Å². The molecule has 7 heteroatoms. The molecule has 0 aliphatic heterocycles. The standard InChI is InChI=1S/C5H5N.C2HF3O2.HI/c1-2-4-6-5-3-1;3-2(4,5)1(6)7;/h1-5H;(H,6,7);1H. The Kier molecular flexibility index (Phi) is 8.40. The number of hydrogen-bond acceptors (Lipinski definition) is 2. The summed E-state index contributed by atoms with van der Waals surface area (Å²) >= 11 is 0. The van der Waals surface area contributed by atoms with Gasteiger partial charge in [0.25, 0.3) is 0 Å². The Bertz CT molecular complexity index is 226. The molecule has 0 atom stereocenters. The summed E-state index contributed by atoms with van der Waals surface area (Å²) in [5.74, 6) is -3.01. The van der Waals surface area contributed by atoms with Crippen molar-refractivity contribution >= 4 is 29.9 Å². The maximum Gasteiger partial charge on any atom is 0.430 e. The smallest absolute Gasteiger partial charge is 0.430 e. The van der Waals surface area contributed by atoms with Gasteiger partial charge < -0.3 is 9.90 Å². The Morgan fingerprint density at radius 3 is 1.57 bits per heavy atom. The SMILES string of the molecule is I.O=C([O-])C(F)(F)F.c1cc[nH+]cc1. The highest BCUT2D eigenvalue weighted by molar-refractivity contribution is 14.0. The van der Waals surface area contributed by atoms with Gasteiger partial charge in [0.2, 0.25) is 0 Å². The molecule has 80 valence electrons. The van der Waals surface area contributed by atoms with Crippen molar-refractivity contribution in [3.8, 4) is 0 Å². The van der Waals surface area contributed by atoms with Crippen molar-refractivity contribution in [1.29, 1.82) is 0 Å². The number of carbonyl (C=O) groups excluding carboxylic acids is 1. The van der Waals surface area contributed by atoms with Crippen LogP contribution in [0.5, 0.6) is 0 Å². The molecule has 0 fully saturated rings. The lowest BCUT2D eigenvalue weighted by Crippen LogP contribution is -2.37. The first-order chi connectivity index (χ1) is 5.94. The summed E-state index contributed by atoms with van der Waals surface area (Å²) in [5, 5.41) is 8.78. The van der Waals surface area contributed by atoms with Gasteiger partial charge in [-0.15, -0.1) is 24.0 Å². The van der Waals surface area contributed by atoms with Gasteiger partial charge in [-0.2, -0.15) is 13.2 Å².